The highest BCUT2D eigenvalue weighted by molar-refractivity contribution is 9.09. The van der Waals surface area contributed by atoms with Gasteiger partial charge in [-0.25, -0.2) is 0 Å². The molecule has 0 bridgehead atoms. The molecule has 10 heavy (non-hydrogen) atoms. The van der Waals surface area contributed by atoms with Gasteiger partial charge in [-0.15, -0.1) is 0 Å². The molecule has 0 aliphatic heterocycles. The number of esters is 1. The molecule has 0 unspecified atom stereocenters. The molecule has 0 N–H and O–H groups in total. The van der Waals surface area contributed by atoms with E-state index in [9.17, 15) is 4.79 Å². The first-order valence-electron chi connectivity index (χ1n) is 3.14. The molecule has 0 spiro atoms. The highest BCUT2D eigenvalue weighted by Gasteiger charge is 2.23. The fraction of sp³-hybridized carbons (Fsp3) is 0.571. The van der Waals surface area contributed by atoms with Crippen LogP contribution in [0.25, 0.3) is 0 Å². The Kier molecular flexibility index (Phi) is 2.49. The first kappa shape index (κ1) is 7.79. The topological polar surface area (TPSA) is 26.3 Å². The highest BCUT2D eigenvalue weighted by atomic mass is 79.9. The number of allylic oxidation sites excluding steroid dienone is 1. The average Bonchev–Trinajstić information content (AvgIpc) is 2.34. The van der Waals surface area contributed by atoms with E-state index >= 15 is 0 Å². The van der Waals surface area contributed by atoms with Crippen LogP contribution in [-0.4, -0.2) is 17.9 Å². The predicted molar refractivity (Wildman–Crippen MR) is 42.0 cm³/mol. The molecule has 0 saturated carbocycles. The molecule has 1 aliphatic rings. The zero-order valence-corrected chi connectivity index (χ0v) is 7.30. The van der Waals surface area contributed by atoms with E-state index in [0.29, 0.717) is 4.83 Å². The second-order valence-electron chi connectivity index (χ2n) is 2.27. The van der Waals surface area contributed by atoms with Crippen LogP contribution >= 0.6 is 15.9 Å². The van der Waals surface area contributed by atoms with Crippen molar-refractivity contribution in [2.24, 2.45) is 5.92 Å². The molecular formula is C7H9BrO2. The average molecular weight is 205 g/mol. The van der Waals surface area contributed by atoms with E-state index in [0.717, 1.165) is 6.42 Å². The molecule has 0 aromatic heterocycles. The summed E-state index contributed by atoms with van der Waals surface area (Å²) in [6.45, 7) is 0. The van der Waals surface area contributed by atoms with Gasteiger partial charge in [0.25, 0.3) is 0 Å². The molecule has 0 radical (unpaired) electrons. The summed E-state index contributed by atoms with van der Waals surface area (Å²) in [6.07, 6.45) is 4.68. The van der Waals surface area contributed by atoms with Crippen molar-refractivity contribution in [2.75, 3.05) is 7.11 Å². The van der Waals surface area contributed by atoms with Gasteiger partial charge in [0.2, 0.25) is 0 Å². The molecule has 0 fully saturated rings. The third-order valence-electron chi connectivity index (χ3n) is 1.54. The Morgan fingerprint density at radius 1 is 1.70 bits per heavy atom. The van der Waals surface area contributed by atoms with Crippen molar-refractivity contribution >= 4 is 21.9 Å². The largest absolute Gasteiger partial charge is 0.469 e. The Balaban J connectivity index is 2.46. The second-order valence-corrected chi connectivity index (χ2v) is 3.44. The van der Waals surface area contributed by atoms with Gasteiger partial charge in [-0.3, -0.25) is 4.79 Å². The van der Waals surface area contributed by atoms with Gasteiger partial charge in [0.1, 0.15) is 0 Å². The van der Waals surface area contributed by atoms with Gasteiger partial charge in [-0.2, -0.15) is 0 Å². The third kappa shape index (κ3) is 1.59. The summed E-state index contributed by atoms with van der Waals surface area (Å²) < 4.78 is 4.57. The lowest BCUT2D eigenvalue weighted by Crippen LogP contribution is -2.12. The Bertz CT molecular complexity index is 165. The van der Waals surface area contributed by atoms with Crippen molar-refractivity contribution < 1.29 is 9.53 Å². The number of hydrogen-bond acceptors (Lipinski definition) is 2. The van der Waals surface area contributed by atoms with Crippen LogP contribution in [0, 0.1) is 5.92 Å². The molecule has 56 valence electrons. The summed E-state index contributed by atoms with van der Waals surface area (Å²) in [5.41, 5.74) is 0. The minimum Gasteiger partial charge on any atom is -0.469 e. The summed E-state index contributed by atoms with van der Waals surface area (Å²) in [4.78, 5) is 11.2. The van der Waals surface area contributed by atoms with Crippen LogP contribution in [0.4, 0.5) is 0 Å². The van der Waals surface area contributed by atoms with E-state index in [1.165, 1.54) is 7.11 Å². The lowest BCUT2D eigenvalue weighted by atomic mass is 10.1. The minimum atomic E-state index is -0.141. The van der Waals surface area contributed by atoms with Crippen molar-refractivity contribution in [2.45, 2.75) is 11.2 Å². The number of carbonyl (C=O) groups excluding carboxylic acids is 1. The van der Waals surface area contributed by atoms with Crippen molar-refractivity contribution in [1.82, 2.24) is 0 Å². The number of carbonyl (C=O) groups is 1. The molecule has 0 amide bonds. The number of ether oxygens (including phenoxy) is 1. The van der Waals surface area contributed by atoms with E-state index < -0.39 is 0 Å². The predicted octanol–water partition coefficient (Wildman–Crippen LogP) is 1.50. The number of alkyl halides is 1. The Morgan fingerprint density at radius 3 is 2.80 bits per heavy atom. The van der Waals surface area contributed by atoms with Crippen LogP contribution in [0.5, 0.6) is 0 Å². The van der Waals surface area contributed by atoms with Crippen LogP contribution in [0.3, 0.4) is 0 Å². The van der Waals surface area contributed by atoms with Crippen LogP contribution in [0.2, 0.25) is 0 Å². The van der Waals surface area contributed by atoms with Gasteiger partial charge in [0.15, 0.2) is 0 Å². The maximum absolute atomic E-state index is 10.9. The monoisotopic (exact) mass is 204 g/mol. The Labute approximate surface area is 68.4 Å². The molecule has 0 aromatic rings. The van der Waals surface area contributed by atoms with Gasteiger partial charge in [-0.1, -0.05) is 28.1 Å². The maximum Gasteiger partial charge on any atom is 0.312 e. The normalized spacial score (nSPS) is 30.6. The van der Waals surface area contributed by atoms with Gasteiger partial charge < -0.3 is 4.74 Å². The quantitative estimate of drug-likeness (QED) is 0.368. The van der Waals surface area contributed by atoms with Crippen LogP contribution in [-0.2, 0) is 9.53 Å². The number of methoxy groups -OCH3 is 1. The van der Waals surface area contributed by atoms with E-state index in [-0.39, 0.29) is 11.9 Å². The fourth-order valence-corrected chi connectivity index (χ4v) is 1.56. The van der Waals surface area contributed by atoms with Crippen molar-refractivity contribution in [1.29, 1.82) is 0 Å². The van der Waals surface area contributed by atoms with E-state index in [1.807, 2.05) is 12.2 Å². The first-order valence-corrected chi connectivity index (χ1v) is 4.06. The van der Waals surface area contributed by atoms with Gasteiger partial charge in [-0.05, 0) is 6.42 Å². The smallest absolute Gasteiger partial charge is 0.312 e. The molecule has 0 saturated heterocycles. The minimum absolute atomic E-state index is 0.0330. The van der Waals surface area contributed by atoms with E-state index in [1.54, 1.807) is 0 Å². The standard InChI is InChI=1S/C7H9BrO2/c1-10-7(9)5-2-3-6(8)4-5/h2-3,5-6H,4H2,1H3/t5-,6+/m1/s1. The second kappa shape index (κ2) is 3.19. The number of halogens is 1. The first-order chi connectivity index (χ1) is 4.74. The van der Waals surface area contributed by atoms with Gasteiger partial charge >= 0.3 is 5.97 Å². The lowest BCUT2D eigenvalue weighted by molar-refractivity contribution is -0.143. The van der Waals surface area contributed by atoms with Gasteiger partial charge in [0, 0.05) is 4.83 Å². The summed E-state index contributed by atoms with van der Waals surface area (Å²) in [5.74, 6) is -0.174. The van der Waals surface area contributed by atoms with Crippen LogP contribution in [0.1, 0.15) is 6.42 Å². The van der Waals surface area contributed by atoms with E-state index in [4.69, 9.17) is 0 Å². The van der Waals surface area contributed by atoms with Crippen molar-refractivity contribution in [3.05, 3.63) is 12.2 Å². The van der Waals surface area contributed by atoms with Crippen molar-refractivity contribution in [3.63, 3.8) is 0 Å². The maximum atomic E-state index is 10.9. The zero-order chi connectivity index (χ0) is 7.56. The SMILES string of the molecule is COC(=O)[C@@H]1C=C[C@H](Br)C1. The van der Waals surface area contributed by atoms with Gasteiger partial charge in [0.05, 0.1) is 13.0 Å². The molecule has 3 heteroatoms. The molecule has 1 aliphatic carbocycles. The summed E-state index contributed by atoms with van der Waals surface area (Å²) in [5, 5.41) is 0. The molecule has 2 nitrogen and oxygen atoms in total. The van der Waals surface area contributed by atoms with E-state index in [2.05, 4.69) is 20.7 Å². The summed E-state index contributed by atoms with van der Waals surface area (Å²) in [7, 11) is 1.41. The third-order valence-corrected chi connectivity index (χ3v) is 2.21. The fourth-order valence-electron chi connectivity index (χ4n) is 0.981. The van der Waals surface area contributed by atoms with Crippen molar-refractivity contribution in [3.8, 4) is 0 Å². The molecule has 0 aromatic carbocycles. The lowest BCUT2D eigenvalue weighted by Gasteiger charge is -2.04. The summed E-state index contributed by atoms with van der Waals surface area (Å²) in [6, 6.07) is 0. The number of rotatable bonds is 1. The summed E-state index contributed by atoms with van der Waals surface area (Å²) >= 11 is 3.38. The number of hydrogen-bond donors (Lipinski definition) is 0. The molecule has 2 atom stereocenters. The Hall–Kier alpha value is -0.310. The molecule has 1 rings (SSSR count). The molecular weight excluding hydrogens is 196 g/mol. The van der Waals surface area contributed by atoms with Crippen LogP contribution in [0.15, 0.2) is 12.2 Å². The van der Waals surface area contributed by atoms with Crippen LogP contribution < -0.4 is 0 Å². The molecule has 0 heterocycles. The zero-order valence-electron chi connectivity index (χ0n) is 5.71. The Morgan fingerprint density at radius 2 is 2.40 bits per heavy atom. The highest BCUT2D eigenvalue weighted by Crippen LogP contribution is 2.24.